The number of hydrogen-bond donors (Lipinski definition) is 2. The molecule has 0 aliphatic heterocycles. The van der Waals surface area contributed by atoms with E-state index >= 15 is 0 Å². The first-order valence-corrected chi connectivity index (χ1v) is 9.20. The van der Waals surface area contributed by atoms with E-state index in [0.29, 0.717) is 19.7 Å². The van der Waals surface area contributed by atoms with Crippen molar-refractivity contribution in [2.75, 3.05) is 33.8 Å². The van der Waals surface area contributed by atoms with E-state index in [1.165, 1.54) is 12.1 Å². The Kier molecular flexibility index (Phi) is 8.58. The number of halogens is 1. The van der Waals surface area contributed by atoms with Crippen molar-refractivity contribution in [2.45, 2.75) is 20.0 Å². The van der Waals surface area contributed by atoms with Crippen LogP contribution < -0.4 is 15.4 Å². The van der Waals surface area contributed by atoms with Crippen molar-refractivity contribution >= 4 is 5.96 Å². The van der Waals surface area contributed by atoms with Gasteiger partial charge in [0.25, 0.3) is 0 Å². The third kappa shape index (κ3) is 8.09. The van der Waals surface area contributed by atoms with Crippen LogP contribution in [0.4, 0.5) is 4.39 Å². The molecular weight excluding hydrogens is 343 g/mol. The van der Waals surface area contributed by atoms with E-state index in [9.17, 15) is 4.39 Å². The summed E-state index contributed by atoms with van der Waals surface area (Å²) in [5, 5.41) is 6.49. The lowest BCUT2D eigenvalue weighted by Gasteiger charge is -2.12. The van der Waals surface area contributed by atoms with Crippen LogP contribution in [0.2, 0.25) is 0 Å². The van der Waals surface area contributed by atoms with Gasteiger partial charge in [-0.1, -0.05) is 24.3 Å². The molecule has 0 bridgehead atoms. The van der Waals surface area contributed by atoms with E-state index in [1.807, 2.05) is 45.3 Å². The number of benzene rings is 2. The largest absolute Gasteiger partial charge is 0.492 e. The molecule has 0 saturated heterocycles. The Morgan fingerprint density at radius 1 is 1.07 bits per heavy atom. The van der Waals surface area contributed by atoms with E-state index in [0.717, 1.165) is 35.9 Å². The van der Waals surface area contributed by atoms with Crippen LogP contribution in [0.25, 0.3) is 0 Å². The Morgan fingerprint density at radius 3 is 2.56 bits per heavy atom. The van der Waals surface area contributed by atoms with Gasteiger partial charge in [-0.3, -0.25) is 0 Å². The van der Waals surface area contributed by atoms with Gasteiger partial charge in [0.15, 0.2) is 5.96 Å². The van der Waals surface area contributed by atoms with Crippen LogP contribution in [0.1, 0.15) is 18.1 Å². The maximum absolute atomic E-state index is 13.0. The third-order valence-corrected chi connectivity index (χ3v) is 3.84. The van der Waals surface area contributed by atoms with Crippen molar-refractivity contribution in [1.29, 1.82) is 0 Å². The van der Waals surface area contributed by atoms with E-state index in [1.54, 1.807) is 12.1 Å². The molecule has 0 aliphatic carbocycles. The summed E-state index contributed by atoms with van der Waals surface area (Å²) in [7, 11) is 4.05. The van der Waals surface area contributed by atoms with Gasteiger partial charge in [-0.05, 0) is 56.4 Å². The standard InChI is InChI=1S/C21H29FN4O/c1-4-23-21(24-15-17-8-10-19(22)11-9-17)25-16-18-6-5-7-20(14-18)27-13-12-26(2)3/h5-11,14H,4,12-13,15-16H2,1-3H3,(H2,23,24,25). The van der Waals surface area contributed by atoms with E-state index in [2.05, 4.69) is 20.5 Å². The van der Waals surface area contributed by atoms with E-state index < -0.39 is 0 Å². The van der Waals surface area contributed by atoms with Crippen LogP contribution in [0.15, 0.2) is 53.5 Å². The van der Waals surface area contributed by atoms with Crippen molar-refractivity contribution in [3.05, 3.63) is 65.5 Å². The molecule has 0 aromatic heterocycles. The van der Waals surface area contributed by atoms with Gasteiger partial charge in [-0.2, -0.15) is 0 Å². The monoisotopic (exact) mass is 372 g/mol. The lowest BCUT2D eigenvalue weighted by Crippen LogP contribution is -2.36. The minimum Gasteiger partial charge on any atom is -0.492 e. The van der Waals surface area contributed by atoms with Crippen molar-refractivity contribution in [3.8, 4) is 5.75 Å². The van der Waals surface area contributed by atoms with Crippen LogP contribution in [0.5, 0.6) is 5.75 Å². The van der Waals surface area contributed by atoms with Crippen LogP contribution in [-0.2, 0) is 13.1 Å². The molecule has 0 saturated carbocycles. The van der Waals surface area contributed by atoms with Crippen LogP contribution in [0.3, 0.4) is 0 Å². The van der Waals surface area contributed by atoms with Crippen LogP contribution in [0, 0.1) is 5.82 Å². The molecule has 27 heavy (non-hydrogen) atoms. The molecule has 0 unspecified atom stereocenters. The Bertz CT molecular complexity index is 716. The first kappa shape index (κ1) is 20.7. The number of nitrogens with one attached hydrogen (secondary N) is 2. The number of ether oxygens (including phenoxy) is 1. The first-order chi connectivity index (χ1) is 13.1. The smallest absolute Gasteiger partial charge is 0.191 e. The number of rotatable bonds is 9. The van der Waals surface area contributed by atoms with Crippen molar-refractivity contribution < 1.29 is 9.13 Å². The molecule has 2 N–H and O–H groups in total. The fourth-order valence-corrected chi connectivity index (χ4v) is 2.38. The lowest BCUT2D eigenvalue weighted by atomic mass is 10.2. The van der Waals surface area contributed by atoms with Crippen LogP contribution >= 0.6 is 0 Å². The maximum Gasteiger partial charge on any atom is 0.191 e. The Labute approximate surface area is 161 Å². The Balaban J connectivity index is 1.92. The summed E-state index contributed by atoms with van der Waals surface area (Å²) in [6.45, 7) is 5.45. The fourth-order valence-electron chi connectivity index (χ4n) is 2.38. The zero-order chi connectivity index (χ0) is 19.5. The molecule has 0 amide bonds. The molecule has 2 rings (SSSR count). The summed E-state index contributed by atoms with van der Waals surface area (Å²) in [6, 6.07) is 14.4. The summed E-state index contributed by atoms with van der Waals surface area (Å²) in [5.74, 6) is 1.35. The van der Waals surface area contributed by atoms with Gasteiger partial charge in [0, 0.05) is 19.6 Å². The number of likely N-dealkylation sites (N-methyl/N-ethyl adjacent to an activating group) is 1. The molecule has 0 heterocycles. The average Bonchev–Trinajstić information content (AvgIpc) is 2.65. The van der Waals surface area contributed by atoms with Gasteiger partial charge in [-0.25, -0.2) is 9.38 Å². The molecule has 0 fully saturated rings. The maximum atomic E-state index is 13.0. The average molecular weight is 372 g/mol. The van der Waals surface area contributed by atoms with Gasteiger partial charge < -0.3 is 20.3 Å². The van der Waals surface area contributed by atoms with Gasteiger partial charge in [0.2, 0.25) is 0 Å². The highest BCUT2D eigenvalue weighted by Gasteiger charge is 2.01. The lowest BCUT2D eigenvalue weighted by molar-refractivity contribution is 0.261. The second-order valence-electron chi connectivity index (χ2n) is 6.47. The van der Waals surface area contributed by atoms with Crippen LogP contribution in [-0.4, -0.2) is 44.7 Å². The topological polar surface area (TPSA) is 48.9 Å². The Morgan fingerprint density at radius 2 is 1.85 bits per heavy atom. The first-order valence-electron chi connectivity index (χ1n) is 9.20. The molecule has 2 aromatic rings. The van der Waals surface area contributed by atoms with Crippen molar-refractivity contribution in [3.63, 3.8) is 0 Å². The molecule has 0 radical (unpaired) electrons. The zero-order valence-corrected chi connectivity index (χ0v) is 16.3. The molecule has 6 heteroatoms. The summed E-state index contributed by atoms with van der Waals surface area (Å²) in [5.41, 5.74) is 2.08. The van der Waals surface area contributed by atoms with Gasteiger partial charge >= 0.3 is 0 Å². The molecule has 2 aromatic carbocycles. The Hall–Kier alpha value is -2.60. The van der Waals surface area contributed by atoms with Gasteiger partial charge in [0.1, 0.15) is 18.2 Å². The van der Waals surface area contributed by atoms with Crippen molar-refractivity contribution in [1.82, 2.24) is 15.5 Å². The highest BCUT2D eigenvalue weighted by molar-refractivity contribution is 5.79. The molecular formula is C21H29FN4O. The predicted molar refractivity (Wildman–Crippen MR) is 109 cm³/mol. The van der Waals surface area contributed by atoms with E-state index in [-0.39, 0.29) is 5.82 Å². The highest BCUT2D eigenvalue weighted by Crippen LogP contribution is 2.14. The quantitative estimate of drug-likeness (QED) is 0.525. The summed E-state index contributed by atoms with van der Waals surface area (Å²) < 4.78 is 18.8. The summed E-state index contributed by atoms with van der Waals surface area (Å²) in [4.78, 5) is 6.71. The second-order valence-corrected chi connectivity index (χ2v) is 6.47. The predicted octanol–water partition coefficient (Wildman–Crippen LogP) is 3.02. The molecule has 5 nitrogen and oxygen atoms in total. The van der Waals surface area contributed by atoms with E-state index in [4.69, 9.17) is 4.74 Å². The second kappa shape index (κ2) is 11.2. The normalized spacial score (nSPS) is 11.5. The summed E-state index contributed by atoms with van der Waals surface area (Å²) >= 11 is 0. The fraction of sp³-hybridized carbons (Fsp3) is 0.381. The minimum absolute atomic E-state index is 0.230. The van der Waals surface area contributed by atoms with Gasteiger partial charge in [0.05, 0.1) is 6.54 Å². The van der Waals surface area contributed by atoms with Crippen molar-refractivity contribution in [2.24, 2.45) is 4.99 Å². The number of aliphatic imine (C=N–C) groups is 1. The SMILES string of the molecule is CCNC(=NCc1cccc(OCCN(C)C)c1)NCc1ccc(F)cc1. The number of hydrogen-bond acceptors (Lipinski definition) is 3. The number of guanidine groups is 1. The molecule has 0 atom stereocenters. The molecule has 0 aliphatic rings. The number of nitrogens with zero attached hydrogens (tertiary/aromatic N) is 2. The molecule has 0 spiro atoms. The zero-order valence-electron chi connectivity index (χ0n) is 16.3. The highest BCUT2D eigenvalue weighted by atomic mass is 19.1. The van der Waals surface area contributed by atoms with Gasteiger partial charge in [-0.15, -0.1) is 0 Å². The summed E-state index contributed by atoms with van der Waals surface area (Å²) in [6.07, 6.45) is 0. The molecule has 146 valence electrons. The third-order valence-electron chi connectivity index (χ3n) is 3.84. The minimum atomic E-state index is -0.230.